The van der Waals surface area contributed by atoms with Crippen LogP contribution in [0.1, 0.15) is 11.1 Å². The average molecular weight is 364 g/mol. The van der Waals surface area contributed by atoms with Crippen LogP contribution in [0.4, 0.5) is 10.1 Å². The largest absolute Gasteiger partial charge is 0.269 e. The van der Waals surface area contributed by atoms with E-state index in [1.54, 1.807) is 0 Å². The van der Waals surface area contributed by atoms with Gasteiger partial charge in [-0.25, -0.2) is 17.5 Å². The smallest absolute Gasteiger partial charge is 0.269 e. The predicted molar refractivity (Wildman–Crippen MR) is 88.6 cm³/mol. The monoisotopic (exact) mass is 364 g/mol. The van der Waals surface area contributed by atoms with E-state index in [0.29, 0.717) is 5.56 Å². The van der Waals surface area contributed by atoms with Crippen LogP contribution < -0.4 is 4.72 Å². The molecule has 0 saturated carbocycles. The molecule has 2 aromatic rings. The van der Waals surface area contributed by atoms with E-state index >= 15 is 0 Å². The highest BCUT2D eigenvalue weighted by Crippen LogP contribution is 2.20. The molecule has 0 saturated heterocycles. The number of rotatable bonds is 5. The molecule has 0 aliphatic heterocycles. The molecule has 2 aromatic carbocycles. The van der Waals surface area contributed by atoms with Gasteiger partial charge in [-0.15, -0.1) is 0 Å². The fraction of sp³-hybridized carbons (Fsp3) is 0.0625. The van der Waals surface area contributed by atoms with E-state index in [9.17, 15) is 27.7 Å². The Morgan fingerprint density at radius 1 is 1.20 bits per heavy atom. The van der Waals surface area contributed by atoms with Crippen molar-refractivity contribution in [1.29, 1.82) is 0 Å². The summed E-state index contributed by atoms with van der Waals surface area (Å²) in [5, 5.41) is 10.7. The SMILES string of the molecule is Cc1cc([N+](=O)[O-])ccc1S(=O)(=O)NC(=O)/C=C/c1ccc(F)cc1. The topological polar surface area (TPSA) is 106 Å². The fourth-order valence-corrected chi connectivity index (χ4v) is 3.19. The first-order valence-corrected chi connectivity index (χ1v) is 8.43. The molecule has 1 amide bonds. The standard InChI is InChI=1S/C16H13FN2O5S/c1-11-10-14(19(21)22)7-8-15(11)25(23,24)18-16(20)9-4-12-2-5-13(17)6-3-12/h2-10H,1H3,(H,18,20)/b9-4+. The lowest BCUT2D eigenvalue weighted by Gasteiger charge is -2.07. The van der Waals surface area contributed by atoms with E-state index in [1.807, 2.05) is 4.72 Å². The third-order valence-corrected chi connectivity index (χ3v) is 4.70. The summed E-state index contributed by atoms with van der Waals surface area (Å²) in [4.78, 5) is 21.6. The van der Waals surface area contributed by atoms with Crippen molar-refractivity contribution in [2.45, 2.75) is 11.8 Å². The number of hydrogen-bond donors (Lipinski definition) is 1. The van der Waals surface area contributed by atoms with Crippen LogP contribution in [-0.2, 0) is 14.8 Å². The Kier molecular flexibility index (Phi) is 5.28. The number of nitro groups is 1. The zero-order chi connectivity index (χ0) is 18.6. The lowest BCUT2D eigenvalue weighted by atomic mass is 10.2. The molecule has 0 aliphatic rings. The number of hydrogen-bond acceptors (Lipinski definition) is 5. The summed E-state index contributed by atoms with van der Waals surface area (Å²) in [6.07, 6.45) is 2.32. The van der Waals surface area contributed by atoms with Gasteiger partial charge in [-0.1, -0.05) is 12.1 Å². The molecule has 25 heavy (non-hydrogen) atoms. The first-order valence-electron chi connectivity index (χ1n) is 6.94. The van der Waals surface area contributed by atoms with Crippen molar-refractivity contribution in [3.63, 3.8) is 0 Å². The molecule has 7 nitrogen and oxygen atoms in total. The van der Waals surface area contributed by atoms with E-state index in [1.165, 1.54) is 37.3 Å². The van der Waals surface area contributed by atoms with Gasteiger partial charge in [0.2, 0.25) is 0 Å². The second kappa shape index (κ2) is 7.22. The molecule has 130 valence electrons. The molecule has 0 spiro atoms. The Labute approximate surface area is 143 Å². The van der Waals surface area contributed by atoms with Crippen LogP contribution in [0.15, 0.2) is 53.4 Å². The van der Waals surface area contributed by atoms with Crippen LogP contribution in [0.2, 0.25) is 0 Å². The molecule has 1 N–H and O–H groups in total. The van der Waals surface area contributed by atoms with Crippen molar-refractivity contribution in [2.75, 3.05) is 0 Å². The Balaban J connectivity index is 2.16. The summed E-state index contributed by atoms with van der Waals surface area (Å²) < 4.78 is 39.1. The van der Waals surface area contributed by atoms with Gasteiger partial charge in [0.15, 0.2) is 0 Å². The van der Waals surface area contributed by atoms with E-state index in [4.69, 9.17) is 0 Å². The van der Waals surface area contributed by atoms with Gasteiger partial charge in [0.05, 0.1) is 9.82 Å². The third-order valence-electron chi connectivity index (χ3n) is 3.19. The second-order valence-corrected chi connectivity index (χ2v) is 6.71. The van der Waals surface area contributed by atoms with E-state index < -0.39 is 26.7 Å². The summed E-state index contributed by atoms with van der Waals surface area (Å²) in [5.41, 5.74) is 0.400. The van der Waals surface area contributed by atoms with Gasteiger partial charge in [-0.05, 0) is 42.3 Å². The van der Waals surface area contributed by atoms with Gasteiger partial charge < -0.3 is 0 Å². The molecule has 0 atom stereocenters. The third kappa shape index (κ3) is 4.70. The maximum atomic E-state index is 12.8. The number of benzene rings is 2. The van der Waals surface area contributed by atoms with Crippen LogP contribution in [0.25, 0.3) is 6.08 Å². The highest BCUT2D eigenvalue weighted by atomic mass is 32.2. The number of sulfonamides is 1. The van der Waals surface area contributed by atoms with E-state index in [0.717, 1.165) is 24.3 Å². The number of aryl methyl sites for hydroxylation is 1. The average Bonchev–Trinajstić information content (AvgIpc) is 2.53. The van der Waals surface area contributed by atoms with Gasteiger partial charge in [0.25, 0.3) is 21.6 Å². The van der Waals surface area contributed by atoms with Crippen LogP contribution in [0, 0.1) is 22.9 Å². The lowest BCUT2D eigenvalue weighted by Crippen LogP contribution is -2.29. The second-order valence-electron chi connectivity index (χ2n) is 5.06. The van der Waals surface area contributed by atoms with Crippen molar-refractivity contribution < 1.29 is 22.5 Å². The number of non-ortho nitro benzene ring substituents is 1. The summed E-state index contributed by atoms with van der Waals surface area (Å²) in [6.45, 7) is 1.39. The maximum Gasteiger partial charge on any atom is 0.269 e. The number of carbonyl (C=O) groups excluding carboxylic acids is 1. The van der Waals surface area contributed by atoms with Gasteiger partial charge in [0, 0.05) is 18.2 Å². The van der Waals surface area contributed by atoms with Crippen LogP contribution in [0.3, 0.4) is 0 Å². The van der Waals surface area contributed by atoms with Crippen molar-refractivity contribution >= 4 is 27.7 Å². The number of nitrogens with one attached hydrogen (secondary N) is 1. The Bertz CT molecular complexity index is 953. The number of nitrogens with zero attached hydrogens (tertiary/aromatic N) is 1. The Morgan fingerprint density at radius 3 is 2.40 bits per heavy atom. The molecule has 0 unspecified atom stereocenters. The number of amides is 1. The minimum absolute atomic E-state index is 0.136. The summed E-state index contributed by atoms with van der Waals surface area (Å²) in [5.74, 6) is -1.33. The van der Waals surface area contributed by atoms with Crippen LogP contribution in [0.5, 0.6) is 0 Å². The molecular formula is C16H13FN2O5S. The molecule has 2 rings (SSSR count). The van der Waals surface area contributed by atoms with Gasteiger partial charge >= 0.3 is 0 Å². The van der Waals surface area contributed by atoms with Gasteiger partial charge in [0.1, 0.15) is 5.82 Å². The first-order chi connectivity index (χ1) is 11.7. The summed E-state index contributed by atoms with van der Waals surface area (Å²) in [7, 11) is -4.18. The predicted octanol–water partition coefficient (Wildman–Crippen LogP) is 2.56. The zero-order valence-electron chi connectivity index (χ0n) is 13.0. The molecule has 9 heteroatoms. The quantitative estimate of drug-likeness (QED) is 0.498. The fourth-order valence-electron chi connectivity index (χ4n) is 2.02. The molecule has 0 bridgehead atoms. The van der Waals surface area contributed by atoms with Crippen molar-refractivity contribution in [2.24, 2.45) is 0 Å². The normalized spacial score (nSPS) is 11.4. The first kappa shape index (κ1) is 18.3. The van der Waals surface area contributed by atoms with Crippen LogP contribution >= 0.6 is 0 Å². The minimum Gasteiger partial charge on any atom is -0.269 e. The summed E-state index contributed by atoms with van der Waals surface area (Å²) in [6, 6.07) is 8.46. The number of halogens is 1. The number of nitro benzene ring substituents is 1. The molecular weight excluding hydrogens is 351 g/mol. The van der Waals surface area contributed by atoms with Crippen molar-refractivity contribution in [1.82, 2.24) is 4.72 Å². The van der Waals surface area contributed by atoms with Crippen molar-refractivity contribution in [3.8, 4) is 0 Å². The molecule has 0 heterocycles. The lowest BCUT2D eigenvalue weighted by molar-refractivity contribution is -0.385. The molecule has 0 aliphatic carbocycles. The van der Waals surface area contributed by atoms with Gasteiger partial charge in [-0.3, -0.25) is 14.9 Å². The van der Waals surface area contributed by atoms with E-state index in [2.05, 4.69) is 0 Å². The molecule has 0 radical (unpaired) electrons. The van der Waals surface area contributed by atoms with Gasteiger partial charge in [-0.2, -0.15) is 0 Å². The zero-order valence-corrected chi connectivity index (χ0v) is 13.8. The Hall–Kier alpha value is -3.07. The van der Waals surface area contributed by atoms with E-state index in [-0.39, 0.29) is 16.1 Å². The highest BCUT2D eigenvalue weighted by Gasteiger charge is 2.20. The van der Waals surface area contributed by atoms with Crippen LogP contribution in [-0.4, -0.2) is 19.2 Å². The minimum atomic E-state index is -4.18. The number of carbonyl (C=O) groups is 1. The maximum absolute atomic E-state index is 12.8. The van der Waals surface area contributed by atoms with Crippen molar-refractivity contribution in [3.05, 3.63) is 75.6 Å². The molecule has 0 fully saturated rings. The summed E-state index contributed by atoms with van der Waals surface area (Å²) >= 11 is 0. The highest BCUT2D eigenvalue weighted by molar-refractivity contribution is 7.90. The molecule has 0 aromatic heterocycles. The Morgan fingerprint density at radius 2 is 1.84 bits per heavy atom.